The molecule has 0 rings (SSSR count). The van der Waals surface area contributed by atoms with Gasteiger partial charge in [0.1, 0.15) is 17.8 Å². The zero-order valence-electron chi connectivity index (χ0n) is 29.4. The number of hydrogen-bond donors (Lipinski definition) is 9. The van der Waals surface area contributed by atoms with Crippen molar-refractivity contribution in [2.24, 2.45) is 0 Å². The Balaban J connectivity index is 3.93. The lowest BCUT2D eigenvalue weighted by molar-refractivity contribution is -0.0945. The summed E-state index contributed by atoms with van der Waals surface area (Å²) in [6.07, 6.45) is -9.46. The molecular formula is C31H64N2O16. The Bertz CT molecular complexity index is 740. The molecule has 0 aliphatic carbocycles. The summed E-state index contributed by atoms with van der Waals surface area (Å²) in [4.78, 5) is 13.0. The van der Waals surface area contributed by atoms with E-state index >= 15 is 0 Å². The van der Waals surface area contributed by atoms with Gasteiger partial charge < -0.3 is 79.3 Å². The maximum atomic E-state index is 11.5. The van der Waals surface area contributed by atoms with Crippen molar-refractivity contribution in [3.63, 3.8) is 0 Å². The summed E-state index contributed by atoms with van der Waals surface area (Å²) in [5.41, 5.74) is -0.541. The molecule has 0 aromatic carbocycles. The number of amides is 1. The number of aliphatic hydroxyl groups excluding tert-OH is 8. The van der Waals surface area contributed by atoms with Gasteiger partial charge in [-0.05, 0) is 33.6 Å². The van der Waals surface area contributed by atoms with Gasteiger partial charge in [0, 0.05) is 39.4 Å². The van der Waals surface area contributed by atoms with Gasteiger partial charge in [-0.2, -0.15) is 0 Å². The number of nitrogens with one attached hydrogen (secondary N) is 1. The van der Waals surface area contributed by atoms with E-state index in [4.69, 9.17) is 43.4 Å². The standard InChI is InChI=1S/C31H64N2O16/c1-31(2,3)49-30(42)32-6-10-43-12-14-45-16-18-47-20-21-48-19-17-46-15-13-44-11-7-33(22-26(38)28(40)24(36)4-8-34)23-27(39)29(41)25(37)5-9-35/h24-29,34-41H,4-23H2,1-3H3,(H,32,42). The summed E-state index contributed by atoms with van der Waals surface area (Å²) in [6, 6.07) is 0. The zero-order valence-corrected chi connectivity index (χ0v) is 29.4. The lowest BCUT2D eigenvalue weighted by atomic mass is 10.0. The van der Waals surface area contributed by atoms with E-state index in [0.29, 0.717) is 66.0 Å². The first-order valence-corrected chi connectivity index (χ1v) is 16.8. The van der Waals surface area contributed by atoms with Crippen molar-refractivity contribution in [1.82, 2.24) is 10.2 Å². The normalized spacial score (nSPS) is 15.9. The molecule has 1 amide bonds. The summed E-state index contributed by atoms with van der Waals surface area (Å²) >= 11 is 0. The summed E-state index contributed by atoms with van der Waals surface area (Å²) < 4.78 is 37.8. The Morgan fingerprint density at radius 2 is 0.918 bits per heavy atom. The highest BCUT2D eigenvalue weighted by Crippen LogP contribution is 2.10. The molecule has 18 heteroatoms. The Hall–Kier alpha value is -1.33. The minimum Gasteiger partial charge on any atom is -0.444 e. The van der Waals surface area contributed by atoms with E-state index in [-0.39, 0.29) is 65.5 Å². The van der Waals surface area contributed by atoms with Gasteiger partial charge in [-0.1, -0.05) is 0 Å². The average Bonchev–Trinajstić information content (AvgIpc) is 3.03. The molecule has 49 heavy (non-hydrogen) atoms. The van der Waals surface area contributed by atoms with Crippen LogP contribution in [0.3, 0.4) is 0 Å². The number of nitrogens with zero attached hydrogens (tertiary/aromatic N) is 1. The summed E-state index contributed by atoms with van der Waals surface area (Å²) in [7, 11) is 0. The third-order valence-corrected chi connectivity index (χ3v) is 6.64. The van der Waals surface area contributed by atoms with Crippen LogP contribution in [0.1, 0.15) is 33.6 Å². The van der Waals surface area contributed by atoms with Gasteiger partial charge >= 0.3 is 6.09 Å². The van der Waals surface area contributed by atoms with Crippen LogP contribution >= 0.6 is 0 Å². The first kappa shape index (κ1) is 47.7. The van der Waals surface area contributed by atoms with Gasteiger partial charge in [0.15, 0.2) is 0 Å². The molecular weight excluding hydrogens is 656 g/mol. The monoisotopic (exact) mass is 720 g/mol. The van der Waals surface area contributed by atoms with Gasteiger partial charge in [0.05, 0.1) is 104 Å². The number of carbonyl (C=O) groups is 1. The molecule has 6 unspecified atom stereocenters. The van der Waals surface area contributed by atoms with Crippen molar-refractivity contribution in [1.29, 1.82) is 0 Å². The molecule has 9 N–H and O–H groups in total. The highest BCUT2D eigenvalue weighted by Gasteiger charge is 2.30. The molecule has 0 aliphatic rings. The molecule has 0 fully saturated rings. The largest absolute Gasteiger partial charge is 0.444 e. The molecule has 0 bridgehead atoms. The first-order chi connectivity index (χ1) is 23.3. The lowest BCUT2D eigenvalue weighted by Crippen LogP contribution is -2.50. The Kier molecular flexibility index (Phi) is 29.5. The van der Waals surface area contributed by atoms with Gasteiger partial charge in [-0.25, -0.2) is 4.79 Å². The second-order valence-electron chi connectivity index (χ2n) is 12.1. The molecule has 0 saturated carbocycles. The van der Waals surface area contributed by atoms with Crippen molar-refractivity contribution in [3.8, 4) is 0 Å². The van der Waals surface area contributed by atoms with Crippen LogP contribution in [0, 0.1) is 0 Å². The second-order valence-corrected chi connectivity index (χ2v) is 12.1. The maximum absolute atomic E-state index is 11.5. The molecule has 0 aromatic heterocycles. The van der Waals surface area contributed by atoms with Crippen molar-refractivity contribution >= 4 is 6.09 Å². The molecule has 0 aliphatic heterocycles. The molecule has 0 heterocycles. The van der Waals surface area contributed by atoms with Gasteiger partial charge in [0.2, 0.25) is 0 Å². The van der Waals surface area contributed by atoms with Crippen molar-refractivity contribution in [2.75, 3.05) is 119 Å². The van der Waals surface area contributed by atoms with Crippen molar-refractivity contribution in [3.05, 3.63) is 0 Å². The molecule has 18 nitrogen and oxygen atoms in total. The summed E-state index contributed by atoms with van der Waals surface area (Å²) in [5.74, 6) is 0. The first-order valence-electron chi connectivity index (χ1n) is 16.8. The van der Waals surface area contributed by atoms with Gasteiger partial charge in [-0.3, -0.25) is 4.90 Å². The number of carbonyl (C=O) groups excluding carboxylic acids is 1. The lowest BCUT2D eigenvalue weighted by Gasteiger charge is -2.32. The van der Waals surface area contributed by atoms with E-state index in [1.54, 1.807) is 20.8 Å². The Labute approximate surface area is 289 Å². The third-order valence-electron chi connectivity index (χ3n) is 6.64. The van der Waals surface area contributed by atoms with Crippen LogP contribution in [0.2, 0.25) is 0 Å². The van der Waals surface area contributed by atoms with Crippen molar-refractivity contribution in [2.45, 2.75) is 75.8 Å². The molecule has 0 aromatic rings. The molecule has 6 atom stereocenters. The predicted octanol–water partition coefficient (Wildman–Crippen LogP) is -3.16. The molecule has 294 valence electrons. The SMILES string of the molecule is CC(C)(C)OC(=O)NCCOCCOCCOCCOCCOCCOCCN(CC(O)C(O)C(O)CCO)CC(O)C(O)C(O)CCO. The van der Waals surface area contributed by atoms with Crippen LogP contribution in [0.4, 0.5) is 4.79 Å². The van der Waals surface area contributed by atoms with Crippen LogP contribution in [0.15, 0.2) is 0 Å². The van der Waals surface area contributed by atoms with E-state index in [9.17, 15) is 35.4 Å². The number of ether oxygens (including phenoxy) is 7. The topological polar surface area (TPSA) is 259 Å². The molecule has 0 saturated heterocycles. The van der Waals surface area contributed by atoms with Crippen molar-refractivity contribution < 1.29 is 78.8 Å². The third kappa shape index (κ3) is 28.0. The molecule has 0 spiro atoms. The van der Waals surface area contributed by atoms with E-state index in [2.05, 4.69) is 5.32 Å². The van der Waals surface area contributed by atoms with Crippen LogP contribution in [-0.4, -0.2) is 213 Å². The van der Waals surface area contributed by atoms with Gasteiger partial charge in [0.25, 0.3) is 0 Å². The van der Waals surface area contributed by atoms with E-state index in [1.807, 2.05) is 0 Å². The minimum absolute atomic E-state index is 0.136. The number of rotatable bonds is 33. The second kappa shape index (κ2) is 30.3. The summed E-state index contributed by atoms with van der Waals surface area (Å²) in [5, 5.41) is 81.3. The fourth-order valence-corrected chi connectivity index (χ4v) is 4.06. The van der Waals surface area contributed by atoms with Gasteiger partial charge in [-0.15, -0.1) is 0 Å². The van der Waals surface area contributed by atoms with E-state index < -0.39 is 48.3 Å². The number of aliphatic hydroxyl groups is 8. The van der Waals surface area contributed by atoms with E-state index in [1.165, 1.54) is 4.90 Å². The average molecular weight is 721 g/mol. The van der Waals surface area contributed by atoms with Crippen LogP contribution < -0.4 is 5.32 Å². The summed E-state index contributed by atoms with van der Waals surface area (Å²) in [6.45, 7) is 8.84. The Morgan fingerprint density at radius 1 is 0.571 bits per heavy atom. The smallest absolute Gasteiger partial charge is 0.407 e. The predicted molar refractivity (Wildman–Crippen MR) is 175 cm³/mol. The van der Waals surface area contributed by atoms with Crippen LogP contribution in [-0.2, 0) is 33.2 Å². The molecule has 0 radical (unpaired) electrons. The zero-order chi connectivity index (χ0) is 36.9. The fourth-order valence-electron chi connectivity index (χ4n) is 4.06. The highest BCUT2D eigenvalue weighted by molar-refractivity contribution is 5.67. The minimum atomic E-state index is -1.56. The van der Waals surface area contributed by atoms with E-state index in [0.717, 1.165) is 0 Å². The maximum Gasteiger partial charge on any atom is 0.407 e. The Morgan fingerprint density at radius 3 is 1.27 bits per heavy atom. The quantitative estimate of drug-likeness (QED) is 0.0303. The van der Waals surface area contributed by atoms with Crippen LogP contribution in [0.25, 0.3) is 0 Å². The fraction of sp³-hybridized carbons (Fsp3) is 0.968. The number of alkyl carbamates (subject to hydrolysis) is 1. The highest BCUT2D eigenvalue weighted by atomic mass is 16.6. The number of hydrogen-bond acceptors (Lipinski definition) is 17. The van der Waals surface area contributed by atoms with Crippen LogP contribution in [0.5, 0.6) is 0 Å².